The Kier molecular flexibility index (Phi) is 3.75. The number of rotatable bonds is 3. The lowest BCUT2D eigenvalue weighted by Gasteiger charge is -2.13. The van der Waals surface area contributed by atoms with Crippen molar-refractivity contribution in [2.45, 2.75) is 25.0 Å². The lowest BCUT2D eigenvalue weighted by Crippen LogP contribution is -2.38. The molecule has 0 saturated carbocycles. The van der Waals surface area contributed by atoms with E-state index in [1.165, 1.54) is 0 Å². The first kappa shape index (κ1) is 13.2. The van der Waals surface area contributed by atoms with Crippen LogP contribution >= 0.6 is 0 Å². The summed E-state index contributed by atoms with van der Waals surface area (Å²) in [6.07, 6.45) is 2.27. The van der Waals surface area contributed by atoms with Crippen molar-refractivity contribution in [3.05, 3.63) is 18.2 Å². The van der Waals surface area contributed by atoms with E-state index in [-0.39, 0.29) is 18.6 Å². The van der Waals surface area contributed by atoms with E-state index < -0.39 is 6.04 Å². The summed E-state index contributed by atoms with van der Waals surface area (Å²) in [5, 5.41) is 2.74. The minimum Gasteiger partial charge on any atom is -0.491 e. The summed E-state index contributed by atoms with van der Waals surface area (Å²) in [5.74, 6) is 1.04. The molecule has 0 radical (unpaired) electrons. The number of amides is 1. The third kappa shape index (κ3) is 2.86. The summed E-state index contributed by atoms with van der Waals surface area (Å²) in [5.41, 5.74) is 6.24. The number of benzene rings is 1. The molecule has 6 heteroatoms. The number of fused-ring (bicyclic) bond motifs is 1. The maximum atomic E-state index is 11.7. The normalized spacial score (nSPS) is 25.4. The highest BCUT2D eigenvalue weighted by Crippen LogP contribution is 2.31. The third-order valence-corrected chi connectivity index (χ3v) is 3.42. The van der Waals surface area contributed by atoms with Crippen LogP contribution in [0.15, 0.2) is 18.2 Å². The molecule has 0 aliphatic carbocycles. The SMILES string of the molecule is N[C@H]1COc2ccc(OCC3CCCO3)cc2NC1=O. The Morgan fingerprint density at radius 1 is 1.45 bits per heavy atom. The molecule has 3 rings (SSSR count). The van der Waals surface area contributed by atoms with Gasteiger partial charge in [-0.15, -0.1) is 0 Å². The van der Waals surface area contributed by atoms with Gasteiger partial charge in [-0.05, 0) is 25.0 Å². The van der Waals surface area contributed by atoms with Crippen LogP contribution < -0.4 is 20.5 Å². The highest BCUT2D eigenvalue weighted by molar-refractivity contribution is 5.97. The van der Waals surface area contributed by atoms with E-state index in [1.54, 1.807) is 12.1 Å². The van der Waals surface area contributed by atoms with Crippen molar-refractivity contribution in [3.8, 4) is 11.5 Å². The highest BCUT2D eigenvalue weighted by atomic mass is 16.5. The minimum absolute atomic E-state index is 0.160. The number of nitrogens with one attached hydrogen (secondary N) is 1. The fourth-order valence-corrected chi connectivity index (χ4v) is 2.27. The molecule has 1 fully saturated rings. The Morgan fingerprint density at radius 2 is 2.35 bits per heavy atom. The van der Waals surface area contributed by atoms with Gasteiger partial charge in [0.25, 0.3) is 0 Å². The van der Waals surface area contributed by atoms with Crippen molar-refractivity contribution in [2.75, 3.05) is 25.1 Å². The van der Waals surface area contributed by atoms with E-state index in [2.05, 4.69) is 5.32 Å². The van der Waals surface area contributed by atoms with Gasteiger partial charge in [0, 0.05) is 12.7 Å². The molecule has 1 saturated heterocycles. The van der Waals surface area contributed by atoms with Gasteiger partial charge in [-0.25, -0.2) is 0 Å². The van der Waals surface area contributed by atoms with E-state index in [4.69, 9.17) is 19.9 Å². The molecule has 2 atom stereocenters. The minimum atomic E-state index is -0.654. The van der Waals surface area contributed by atoms with Crippen LogP contribution in [0.1, 0.15) is 12.8 Å². The number of carbonyl (C=O) groups excluding carboxylic acids is 1. The highest BCUT2D eigenvalue weighted by Gasteiger charge is 2.22. The van der Waals surface area contributed by atoms with Crippen LogP contribution in [0.25, 0.3) is 0 Å². The lowest BCUT2D eigenvalue weighted by atomic mass is 10.2. The van der Waals surface area contributed by atoms with Gasteiger partial charge in [0.2, 0.25) is 5.91 Å². The fourth-order valence-electron chi connectivity index (χ4n) is 2.27. The number of carbonyl (C=O) groups is 1. The van der Waals surface area contributed by atoms with Crippen LogP contribution in [-0.4, -0.2) is 37.9 Å². The van der Waals surface area contributed by atoms with E-state index in [0.29, 0.717) is 23.8 Å². The predicted molar refractivity (Wildman–Crippen MR) is 73.0 cm³/mol. The van der Waals surface area contributed by atoms with Gasteiger partial charge in [-0.3, -0.25) is 4.79 Å². The van der Waals surface area contributed by atoms with Crippen LogP contribution in [0.4, 0.5) is 5.69 Å². The predicted octanol–water partition coefficient (Wildman–Crippen LogP) is 0.903. The van der Waals surface area contributed by atoms with E-state index in [0.717, 1.165) is 19.4 Å². The molecule has 1 amide bonds. The van der Waals surface area contributed by atoms with Crippen LogP contribution in [0.5, 0.6) is 11.5 Å². The second-order valence-corrected chi connectivity index (χ2v) is 5.01. The molecular formula is C14H18N2O4. The van der Waals surface area contributed by atoms with Gasteiger partial charge >= 0.3 is 0 Å². The van der Waals surface area contributed by atoms with Gasteiger partial charge in [0.15, 0.2) is 0 Å². The average molecular weight is 278 g/mol. The standard InChI is InChI=1S/C14H18N2O4/c15-11-8-20-13-4-3-9(6-12(13)16-14(11)17)19-7-10-2-1-5-18-10/h3-4,6,10-11H,1-2,5,7-8,15H2,(H,16,17)/t10?,11-/m0/s1. The zero-order chi connectivity index (χ0) is 13.9. The van der Waals surface area contributed by atoms with Crippen LogP contribution in [0.3, 0.4) is 0 Å². The van der Waals surface area contributed by atoms with E-state index in [1.807, 2.05) is 6.07 Å². The number of hydrogen-bond donors (Lipinski definition) is 2. The van der Waals surface area contributed by atoms with Crippen molar-refractivity contribution in [1.29, 1.82) is 0 Å². The summed E-state index contributed by atoms with van der Waals surface area (Å²) in [7, 11) is 0. The van der Waals surface area contributed by atoms with Crippen molar-refractivity contribution < 1.29 is 19.0 Å². The van der Waals surface area contributed by atoms with Gasteiger partial charge < -0.3 is 25.3 Å². The van der Waals surface area contributed by atoms with Gasteiger partial charge in [0.05, 0.1) is 11.8 Å². The zero-order valence-corrected chi connectivity index (χ0v) is 11.1. The molecule has 2 aliphatic heterocycles. The molecule has 6 nitrogen and oxygen atoms in total. The first-order valence-electron chi connectivity index (χ1n) is 6.80. The molecule has 1 aromatic carbocycles. The second kappa shape index (κ2) is 5.68. The van der Waals surface area contributed by atoms with Crippen LogP contribution in [-0.2, 0) is 9.53 Å². The first-order valence-corrected chi connectivity index (χ1v) is 6.80. The van der Waals surface area contributed by atoms with Crippen LogP contribution in [0.2, 0.25) is 0 Å². The Balaban J connectivity index is 1.68. The fraction of sp³-hybridized carbons (Fsp3) is 0.500. The summed E-state index contributed by atoms with van der Waals surface area (Å²) in [4.78, 5) is 11.7. The molecule has 0 aromatic heterocycles. The first-order chi connectivity index (χ1) is 9.72. The number of hydrogen-bond acceptors (Lipinski definition) is 5. The molecule has 1 aromatic rings. The molecule has 20 heavy (non-hydrogen) atoms. The number of anilines is 1. The van der Waals surface area contributed by atoms with Crippen molar-refractivity contribution >= 4 is 11.6 Å². The van der Waals surface area contributed by atoms with Crippen molar-refractivity contribution in [3.63, 3.8) is 0 Å². The maximum absolute atomic E-state index is 11.7. The quantitative estimate of drug-likeness (QED) is 0.858. The van der Waals surface area contributed by atoms with Gasteiger partial charge in [0.1, 0.15) is 30.8 Å². The average Bonchev–Trinajstić information content (AvgIpc) is 2.92. The molecule has 108 valence electrons. The maximum Gasteiger partial charge on any atom is 0.244 e. The zero-order valence-electron chi connectivity index (χ0n) is 11.1. The Morgan fingerprint density at radius 3 is 3.15 bits per heavy atom. The molecule has 0 bridgehead atoms. The molecular weight excluding hydrogens is 260 g/mol. The largest absolute Gasteiger partial charge is 0.491 e. The molecule has 1 unspecified atom stereocenters. The number of ether oxygens (including phenoxy) is 3. The van der Waals surface area contributed by atoms with E-state index >= 15 is 0 Å². The summed E-state index contributed by atoms with van der Waals surface area (Å²) in [6.45, 7) is 1.50. The van der Waals surface area contributed by atoms with Crippen molar-refractivity contribution in [1.82, 2.24) is 0 Å². The van der Waals surface area contributed by atoms with Crippen molar-refractivity contribution in [2.24, 2.45) is 5.73 Å². The topological polar surface area (TPSA) is 82.8 Å². The molecule has 2 aliphatic rings. The van der Waals surface area contributed by atoms with Gasteiger partial charge in [-0.2, -0.15) is 0 Å². The van der Waals surface area contributed by atoms with Crippen LogP contribution in [0, 0.1) is 0 Å². The molecule has 3 N–H and O–H groups in total. The number of nitrogens with two attached hydrogens (primary N) is 1. The summed E-state index contributed by atoms with van der Waals surface area (Å²) in [6, 6.07) is 4.69. The third-order valence-electron chi connectivity index (χ3n) is 3.42. The summed E-state index contributed by atoms with van der Waals surface area (Å²) < 4.78 is 16.7. The van der Waals surface area contributed by atoms with E-state index in [9.17, 15) is 4.79 Å². The smallest absolute Gasteiger partial charge is 0.244 e. The second-order valence-electron chi connectivity index (χ2n) is 5.01. The molecule has 0 spiro atoms. The monoisotopic (exact) mass is 278 g/mol. The Bertz CT molecular complexity index is 500. The summed E-state index contributed by atoms with van der Waals surface area (Å²) >= 11 is 0. The Hall–Kier alpha value is -1.79. The lowest BCUT2D eigenvalue weighted by molar-refractivity contribution is -0.117. The van der Waals surface area contributed by atoms with Gasteiger partial charge in [-0.1, -0.05) is 0 Å². The Labute approximate surface area is 117 Å². The molecule has 2 heterocycles.